The molecule has 3 heterocycles. The second kappa shape index (κ2) is 7.38. The Morgan fingerprint density at radius 3 is 2.59 bits per heavy atom. The van der Waals surface area contributed by atoms with Crippen molar-refractivity contribution in [2.75, 3.05) is 48.8 Å². The molecule has 3 aromatic rings. The van der Waals surface area contributed by atoms with Crippen molar-refractivity contribution in [3.8, 4) is 5.75 Å². The minimum absolute atomic E-state index is 0.124. The monoisotopic (exact) mass is 395 g/mol. The molecule has 29 heavy (non-hydrogen) atoms. The Morgan fingerprint density at radius 2 is 1.90 bits per heavy atom. The zero-order chi connectivity index (χ0) is 20.5. The van der Waals surface area contributed by atoms with E-state index < -0.39 is 4.92 Å². The van der Waals surface area contributed by atoms with Crippen LogP contribution in [0.15, 0.2) is 30.6 Å². The number of piperazine rings is 1. The van der Waals surface area contributed by atoms with Crippen LogP contribution in [0, 0.1) is 17.0 Å². The SMILES string of the molecule is COc1cccc2c(C)cc(N3CCN(c4ncnc(N)c4[N+](=O)[O-])CC3)nc12. The third-order valence-corrected chi connectivity index (χ3v) is 5.13. The molecule has 1 aliphatic rings. The van der Waals surface area contributed by atoms with Crippen molar-refractivity contribution < 1.29 is 9.66 Å². The van der Waals surface area contributed by atoms with Crippen LogP contribution >= 0.6 is 0 Å². The maximum Gasteiger partial charge on any atom is 0.353 e. The van der Waals surface area contributed by atoms with Gasteiger partial charge in [0.1, 0.15) is 23.4 Å². The van der Waals surface area contributed by atoms with Gasteiger partial charge < -0.3 is 20.3 Å². The molecule has 0 spiro atoms. The summed E-state index contributed by atoms with van der Waals surface area (Å²) in [6, 6.07) is 7.94. The number of anilines is 3. The van der Waals surface area contributed by atoms with Gasteiger partial charge in [0.15, 0.2) is 0 Å². The Hall–Kier alpha value is -3.69. The molecule has 4 rings (SSSR count). The number of pyridine rings is 1. The highest BCUT2D eigenvalue weighted by Gasteiger charge is 2.28. The average molecular weight is 395 g/mol. The second-order valence-corrected chi connectivity index (χ2v) is 6.82. The molecule has 10 heteroatoms. The number of fused-ring (bicyclic) bond motifs is 1. The quantitative estimate of drug-likeness (QED) is 0.523. The van der Waals surface area contributed by atoms with Crippen LogP contribution in [0.4, 0.5) is 23.1 Å². The molecule has 0 saturated carbocycles. The van der Waals surface area contributed by atoms with E-state index in [2.05, 4.69) is 27.9 Å². The predicted molar refractivity (Wildman–Crippen MR) is 111 cm³/mol. The summed E-state index contributed by atoms with van der Waals surface area (Å²) in [7, 11) is 1.64. The van der Waals surface area contributed by atoms with Gasteiger partial charge in [-0.15, -0.1) is 0 Å². The molecule has 2 N–H and O–H groups in total. The number of benzene rings is 1. The standard InChI is InChI=1S/C19H21N7O3/c1-12-10-15(23-16-13(12)4-3-5-14(16)29-2)24-6-8-25(9-7-24)19-17(26(27)28)18(20)21-11-22-19/h3-5,10-11H,6-9H2,1-2H3,(H2,20,21,22). The van der Waals surface area contributed by atoms with Crippen LogP contribution in [-0.4, -0.2) is 53.2 Å². The zero-order valence-electron chi connectivity index (χ0n) is 16.2. The molecule has 0 unspecified atom stereocenters. The summed E-state index contributed by atoms with van der Waals surface area (Å²) in [5.41, 5.74) is 7.39. The van der Waals surface area contributed by atoms with E-state index in [9.17, 15) is 10.1 Å². The van der Waals surface area contributed by atoms with E-state index in [0.717, 1.165) is 28.0 Å². The highest BCUT2D eigenvalue weighted by molar-refractivity contribution is 5.89. The van der Waals surface area contributed by atoms with E-state index >= 15 is 0 Å². The lowest BCUT2D eigenvalue weighted by Gasteiger charge is -2.36. The van der Waals surface area contributed by atoms with Crippen molar-refractivity contribution in [3.63, 3.8) is 0 Å². The van der Waals surface area contributed by atoms with E-state index in [1.807, 2.05) is 23.1 Å². The number of hydrogen-bond donors (Lipinski definition) is 1. The topological polar surface area (TPSA) is 124 Å². The molecule has 1 aliphatic heterocycles. The van der Waals surface area contributed by atoms with Crippen LogP contribution in [0.3, 0.4) is 0 Å². The minimum atomic E-state index is -0.530. The van der Waals surface area contributed by atoms with Crippen LogP contribution in [-0.2, 0) is 0 Å². The fourth-order valence-corrected chi connectivity index (χ4v) is 3.64. The molecule has 150 valence electrons. The van der Waals surface area contributed by atoms with E-state index in [-0.39, 0.29) is 17.3 Å². The molecule has 0 bridgehead atoms. The maximum absolute atomic E-state index is 11.4. The first-order valence-electron chi connectivity index (χ1n) is 9.18. The van der Waals surface area contributed by atoms with Gasteiger partial charge in [-0.05, 0) is 24.6 Å². The molecule has 1 fully saturated rings. The summed E-state index contributed by atoms with van der Waals surface area (Å²) in [6.45, 7) is 4.46. The number of rotatable bonds is 4. The molecule has 0 atom stereocenters. The van der Waals surface area contributed by atoms with Gasteiger partial charge in [0.05, 0.1) is 12.0 Å². The van der Waals surface area contributed by atoms with Gasteiger partial charge in [-0.3, -0.25) is 10.1 Å². The Kier molecular flexibility index (Phi) is 4.75. The van der Waals surface area contributed by atoms with Gasteiger partial charge in [-0.2, -0.15) is 0 Å². The molecule has 0 amide bonds. The Morgan fingerprint density at radius 1 is 1.17 bits per heavy atom. The van der Waals surface area contributed by atoms with Gasteiger partial charge in [0.2, 0.25) is 11.6 Å². The largest absolute Gasteiger partial charge is 0.494 e. The normalized spacial score (nSPS) is 14.3. The van der Waals surface area contributed by atoms with Gasteiger partial charge in [0.25, 0.3) is 0 Å². The number of ether oxygens (including phenoxy) is 1. The average Bonchev–Trinajstić information content (AvgIpc) is 2.73. The summed E-state index contributed by atoms with van der Waals surface area (Å²) < 4.78 is 5.47. The number of aryl methyl sites for hydroxylation is 1. The van der Waals surface area contributed by atoms with Crippen LogP contribution in [0.5, 0.6) is 5.75 Å². The van der Waals surface area contributed by atoms with Crippen molar-refractivity contribution in [2.45, 2.75) is 6.92 Å². The van der Waals surface area contributed by atoms with E-state index in [0.29, 0.717) is 26.2 Å². The summed E-state index contributed by atoms with van der Waals surface area (Å²) in [6.07, 6.45) is 1.25. The molecule has 1 aromatic carbocycles. The fourth-order valence-electron chi connectivity index (χ4n) is 3.64. The number of para-hydroxylation sites is 1. The first-order valence-corrected chi connectivity index (χ1v) is 9.18. The highest BCUT2D eigenvalue weighted by Crippen LogP contribution is 2.32. The number of aromatic nitrogens is 3. The van der Waals surface area contributed by atoms with E-state index in [4.69, 9.17) is 15.5 Å². The van der Waals surface area contributed by atoms with E-state index in [1.165, 1.54) is 6.33 Å². The summed E-state index contributed by atoms with van der Waals surface area (Å²) in [4.78, 5) is 27.5. The number of methoxy groups -OCH3 is 1. The minimum Gasteiger partial charge on any atom is -0.494 e. The predicted octanol–water partition coefficient (Wildman–Crippen LogP) is 2.16. The van der Waals surface area contributed by atoms with Crippen molar-refractivity contribution in [3.05, 3.63) is 46.3 Å². The van der Waals surface area contributed by atoms with Gasteiger partial charge in [0, 0.05) is 31.6 Å². The molecule has 0 aliphatic carbocycles. The van der Waals surface area contributed by atoms with Crippen molar-refractivity contribution in [1.82, 2.24) is 15.0 Å². The lowest BCUT2D eigenvalue weighted by molar-refractivity contribution is -0.383. The van der Waals surface area contributed by atoms with Crippen LogP contribution in [0.25, 0.3) is 10.9 Å². The third kappa shape index (κ3) is 3.33. The smallest absolute Gasteiger partial charge is 0.353 e. The zero-order valence-corrected chi connectivity index (χ0v) is 16.2. The second-order valence-electron chi connectivity index (χ2n) is 6.82. The fraction of sp³-hybridized carbons (Fsp3) is 0.316. The molecular weight excluding hydrogens is 374 g/mol. The van der Waals surface area contributed by atoms with Crippen LogP contribution < -0.4 is 20.3 Å². The maximum atomic E-state index is 11.4. The van der Waals surface area contributed by atoms with Gasteiger partial charge in [-0.25, -0.2) is 15.0 Å². The van der Waals surface area contributed by atoms with Crippen molar-refractivity contribution in [2.24, 2.45) is 0 Å². The molecule has 2 aromatic heterocycles. The molecular formula is C19H21N7O3. The number of nitrogens with two attached hydrogens (primary N) is 1. The number of hydrogen-bond acceptors (Lipinski definition) is 9. The Balaban J connectivity index is 1.60. The lowest BCUT2D eigenvalue weighted by atomic mass is 10.1. The van der Waals surface area contributed by atoms with Crippen LogP contribution in [0.2, 0.25) is 0 Å². The highest BCUT2D eigenvalue weighted by atomic mass is 16.6. The number of nitro groups is 1. The van der Waals surface area contributed by atoms with Crippen molar-refractivity contribution >= 4 is 34.0 Å². The van der Waals surface area contributed by atoms with Gasteiger partial charge >= 0.3 is 5.69 Å². The summed E-state index contributed by atoms with van der Waals surface area (Å²) in [5, 5.41) is 12.4. The van der Waals surface area contributed by atoms with Crippen molar-refractivity contribution in [1.29, 1.82) is 0 Å². The molecule has 0 radical (unpaired) electrons. The third-order valence-electron chi connectivity index (χ3n) is 5.13. The van der Waals surface area contributed by atoms with Gasteiger partial charge in [-0.1, -0.05) is 12.1 Å². The number of nitrogens with zero attached hydrogens (tertiary/aromatic N) is 6. The van der Waals surface area contributed by atoms with Crippen LogP contribution in [0.1, 0.15) is 5.56 Å². The Labute approximate surface area is 167 Å². The first kappa shape index (κ1) is 18.7. The summed E-state index contributed by atoms with van der Waals surface area (Å²) >= 11 is 0. The lowest BCUT2D eigenvalue weighted by Crippen LogP contribution is -2.47. The molecule has 10 nitrogen and oxygen atoms in total. The first-order chi connectivity index (χ1) is 14.0. The van der Waals surface area contributed by atoms with E-state index in [1.54, 1.807) is 7.11 Å². The summed E-state index contributed by atoms with van der Waals surface area (Å²) in [5.74, 6) is 1.72. The Bertz CT molecular complexity index is 1080. The number of nitrogen functional groups attached to an aromatic ring is 1. The molecule has 1 saturated heterocycles.